The number of hydrogen-bond donors (Lipinski definition) is 0. The molecule has 0 bridgehead atoms. The fourth-order valence-corrected chi connectivity index (χ4v) is 3.16. The minimum Gasteiger partial charge on any atom is -0.444 e. The molecule has 3 heterocycles. The van der Waals surface area contributed by atoms with Crippen molar-refractivity contribution in [1.29, 1.82) is 0 Å². The molecule has 3 rings (SSSR count). The first-order chi connectivity index (χ1) is 9.94. The molecule has 0 N–H and O–H groups in total. The van der Waals surface area contributed by atoms with Gasteiger partial charge in [-0.3, -0.25) is 4.68 Å². The van der Waals surface area contributed by atoms with Gasteiger partial charge in [-0.25, -0.2) is 4.79 Å². The van der Waals surface area contributed by atoms with Gasteiger partial charge in [-0.05, 0) is 40.0 Å². The lowest BCUT2D eigenvalue weighted by atomic mass is 10.0. The Labute approximate surface area is 126 Å². The largest absolute Gasteiger partial charge is 0.444 e. The van der Waals surface area contributed by atoms with Crippen LogP contribution in [0.5, 0.6) is 0 Å². The number of rotatable bonds is 0. The van der Waals surface area contributed by atoms with Crippen molar-refractivity contribution in [1.82, 2.24) is 14.7 Å². The van der Waals surface area contributed by atoms with Crippen molar-refractivity contribution in [2.45, 2.75) is 71.6 Å². The van der Waals surface area contributed by atoms with E-state index in [1.54, 1.807) is 0 Å². The molecular weight excluding hydrogens is 266 g/mol. The topological polar surface area (TPSA) is 47.4 Å². The van der Waals surface area contributed by atoms with Crippen LogP contribution in [0, 0.1) is 0 Å². The van der Waals surface area contributed by atoms with E-state index in [2.05, 4.69) is 4.68 Å². The van der Waals surface area contributed by atoms with E-state index >= 15 is 0 Å². The lowest BCUT2D eigenvalue weighted by Gasteiger charge is -2.30. The molecule has 0 saturated carbocycles. The van der Waals surface area contributed by atoms with Crippen LogP contribution >= 0.6 is 0 Å². The smallest absolute Gasteiger partial charge is 0.410 e. The van der Waals surface area contributed by atoms with Gasteiger partial charge in [0.05, 0.1) is 12.2 Å². The minimum absolute atomic E-state index is 0.207. The summed E-state index contributed by atoms with van der Waals surface area (Å²) in [4.78, 5) is 14.1. The highest BCUT2D eigenvalue weighted by Gasteiger charge is 2.30. The van der Waals surface area contributed by atoms with Crippen LogP contribution in [0.3, 0.4) is 0 Å². The summed E-state index contributed by atoms with van der Waals surface area (Å²) in [6, 6.07) is 0. The molecule has 5 heteroatoms. The number of nitrogens with zero attached hydrogens (tertiary/aromatic N) is 3. The van der Waals surface area contributed by atoms with Crippen molar-refractivity contribution in [3.05, 3.63) is 17.0 Å². The first-order valence-electron chi connectivity index (χ1n) is 7.99. The number of aromatic nitrogens is 2. The van der Waals surface area contributed by atoms with E-state index in [1.807, 2.05) is 25.7 Å². The Morgan fingerprint density at radius 2 is 1.95 bits per heavy atom. The molecule has 1 amide bonds. The highest BCUT2D eigenvalue weighted by molar-refractivity contribution is 5.68. The van der Waals surface area contributed by atoms with E-state index in [0.29, 0.717) is 13.1 Å². The number of hydrogen-bond acceptors (Lipinski definition) is 3. The maximum atomic E-state index is 12.3. The van der Waals surface area contributed by atoms with Crippen molar-refractivity contribution >= 4 is 6.09 Å². The summed E-state index contributed by atoms with van der Waals surface area (Å²) in [7, 11) is 0. The van der Waals surface area contributed by atoms with Crippen molar-refractivity contribution in [3.8, 4) is 0 Å². The van der Waals surface area contributed by atoms with E-state index in [0.717, 1.165) is 19.4 Å². The normalized spacial score (nSPS) is 18.7. The zero-order valence-corrected chi connectivity index (χ0v) is 13.3. The molecule has 0 fully saturated rings. The summed E-state index contributed by atoms with van der Waals surface area (Å²) in [5.74, 6) is 0. The minimum atomic E-state index is -0.437. The fraction of sp³-hybridized carbons (Fsp3) is 0.750. The molecule has 0 aliphatic carbocycles. The first kappa shape index (κ1) is 14.4. The summed E-state index contributed by atoms with van der Waals surface area (Å²) in [6.45, 7) is 8.11. The van der Waals surface area contributed by atoms with E-state index in [-0.39, 0.29) is 6.09 Å². The highest BCUT2D eigenvalue weighted by Crippen LogP contribution is 2.27. The van der Waals surface area contributed by atoms with Gasteiger partial charge in [0.1, 0.15) is 5.60 Å². The maximum absolute atomic E-state index is 12.3. The third-order valence-electron chi connectivity index (χ3n) is 4.15. The van der Waals surface area contributed by atoms with Gasteiger partial charge in [-0.2, -0.15) is 5.10 Å². The summed E-state index contributed by atoms with van der Waals surface area (Å²) >= 11 is 0. The predicted octanol–water partition coefficient (Wildman–Crippen LogP) is 2.90. The Kier molecular flexibility index (Phi) is 3.68. The van der Waals surface area contributed by atoms with Crippen LogP contribution in [-0.4, -0.2) is 32.9 Å². The zero-order chi connectivity index (χ0) is 15.0. The summed E-state index contributed by atoms with van der Waals surface area (Å²) < 4.78 is 7.67. The first-order valence-corrected chi connectivity index (χ1v) is 7.99. The Balaban J connectivity index is 1.78. The average molecular weight is 291 g/mol. The van der Waals surface area contributed by atoms with Crippen LogP contribution in [0.15, 0.2) is 0 Å². The predicted molar refractivity (Wildman–Crippen MR) is 80.1 cm³/mol. The average Bonchev–Trinajstić information content (AvgIpc) is 2.58. The van der Waals surface area contributed by atoms with Crippen LogP contribution in [0.4, 0.5) is 4.79 Å². The molecule has 0 radical (unpaired) electrons. The third-order valence-corrected chi connectivity index (χ3v) is 4.15. The molecule has 0 saturated heterocycles. The molecule has 0 unspecified atom stereocenters. The molecule has 0 atom stereocenters. The number of fused-ring (bicyclic) bond motifs is 3. The van der Waals surface area contributed by atoms with Gasteiger partial charge >= 0.3 is 6.09 Å². The third kappa shape index (κ3) is 3.06. The van der Waals surface area contributed by atoms with Crippen molar-refractivity contribution in [2.24, 2.45) is 0 Å². The second kappa shape index (κ2) is 5.35. The second-order valence-corrected chi connectivity index (χ2v) is 7.06. The van der Waals surface area contributed by atoms with Gasteiger partial charge < -0.3 is 9.64 Å². The lowest BCUT2D eigenvalue weighted by Crippen LogP contribution is -2.40. The highest BCUT2D eigenvalue weighted by atomic mass is 16.6. The number of ether oxygens (including phenoxy) is 1. The Morgan fingerprint density at radius 1 is 1.14 bits per heavy atom. The molecule has 1 aromatic heterocycles. The Morgan fingerprint density at radius 3 is 2.71 bits per heavy atom. The van der Waals surface area contributed by atoms with Crippen LogP contribution < -0.4 is 0 Å². The molecule has 1 aromatic rings. The number of amides is 1. The standard InChI is InChI=1S/C16H25N3O2/c1-16(2,3)21-15(20)18-10-8-13-12(11-18)14-7-5-4-6-9-19(14)17-13/h4-11H2,1-3H3. The second-order valence-electron chi connectivity index (χ2n) is 7.06. The Hall–Kier alpha value is -1.52. The van der Waals surface area contributed by atoms with E-state index < -0.39 is 5.60 Å². The molecule has 5 nitrogen and oxygen atoms in total. The van der Waals surface area contributed by atoms with Crippen LogP contribution in [-0.2, 0) is 30.7 Å². The van der Waals surface area contributed by atoms with Gasteiger partial charge in [0.15, 0.2) is 0 Å². The summed E-state index contributed by atoms with van der Waals surface area (Å²) in [6.07, 6.45) is 5.43. The molecule has 2 aliphatic rings. The van der Waals surface area contributed by atoms with E-state index in [1.165, 1.54) is 36.2 Å². The quantitative estimate of drug-likeness (QED) is 0.738. The maximum Gasteiger partial charge on any atom is 0.410 e. The SMILES string of the molecule is CC(C)(C)OC(=O)N1CCc2nn3c(c2C1)CCCCC3. The van der Waals surface area contributed by atoms with E-state index in [9.17, 15) is 4.79 Å². The molecule has 2 aliphatic heterocycles. The van der Waals surface area contributed by atoms with Gasteiger partial charge in [0.25, 0.3) is 0 Å². The van der Waals surface area contributed by atoms with Gasteiger partial charge in [-0.1, -0.05) is 6.42 Å². The number of aryl methyl sites for hydroxylation is 1. The summed E-state index contributed by atoms with van der Waals surface area (Å²) in [5, 5.41) is 4.76. The summed E-state index contributed by atoms with van der Waals surface area (Å²) in [5.41, 5.74) is 3.37. The number of carbonyl (C=O) groups is 1. The van der Waals surface area contributed by atoms with Crippen LogP contribution in [0.1, 0.15) is 57.0 Å². The fourth-order valence-electron chi connectivity index (χ4n) is 3.16. The van der Waals surface area contributed by atoms with Crippen molar-refractivity contribution in [2.75, 3.05) is 6.54 Å². The monoisotopic (exact) mass is 291 g/mol. The zero-order valence-electron chi connectivity index (χ0n) is 13.3. The lowest BCUT2D eigenvalue weighted by molar-refractivity contribution is 0.0223. The van der Waals surface area contributed by atoms with Gasteiger partial charge in [0, 0.05) is 30.8 Å². The molecule has 0 aromatic carbocycles. The van der Waals surface area contributed by atoms with Gasteiger partial charge in [-0.15, -0.1) is 0 Å². The molecule has 116 valence electrons. The molecule has 21 heavy (non-hydrogen) atoms. The number of carbonyl (C=O) groups excluding carboxylic acids is 1. The van der Waals surface area contributed by atoms with Crippen LogP contribution in [0.2, 0.25) is 0 Å². The van der Waals surface area contributed by atoms with Crippen LogP contribution in [0.25, 0.3) is 0 Å². The Bertz CT molecular complexity index is 542. The molecule has 0 spiro atoms. The van der Waals surface area contributed by atoms with Gasteiger partial charge in [0.2, 0.25) is 0 Å². The van der Waals surface area contributed by atoms with E-state index in [4.69, 9.17) is 9.84 Å². The van der Waals surface area contributed by atoms with Crippen molar-refractivity contribution < 1.29 is 9.53 Å². The molecular formula is C16H25N3O2. The van der Waals surface area contributed by atoms with Crippen molar-refractivity contribution in [3.63, 3.8) is 0 Å².